The summed E-state index contributed by atoms with van der Waals surface area (Å²) in [6.45, 7) is 2.25. The molecule has 0 aliphatic rings. The Morgan fingerprint density at radius 2 is 1.35 bits per heavy atom. The molecule has 0 heterocycles. The van der Waals surface area contributed by atoms with Gasteiger partial charge in [-0.05, 0) is 36.5 Å². The summed E-state index contributed by atoms with van der Waals surface area (Å²) in [6.07, 6.45) is 17.8. The van der Waals surface area contributed by atoms with E-state index in [2.05, 4.69) is 35.9 Å². The van der Waals surface area contributed by atoms with Gasteiger partial charge in [0.15, 0.2) is 0 Å². The van der Waals surface area contributed by atoms with E-state index >= 15 is 0 Å². The average molecular weight is 587 g/mol. The highest BCUT2D eigenvalue weighted by atomic mass is 16.6. The molecule has 1 unspecified atom stereocenters. The number of rotatable bonds is 20. The highest BCUT2D eigenvalue weighted by Gasteiger charge is 2.44. The van der Waals surface area contributed by atoms with Crippen molar-refractivity contribution >= 4 is 23.3 Å². The smallest absolute Gasteiger partial charge is 0.331 e. The van der Waals surface area contributed by atoms with E-state index in [0.717, 1.165) is 19.3 Å². The number of amides is 1. The van der Waals surface area contributed by atoms with E-state index < -0.39 is 22.2 Å². The number of aliphatic carboxylic acids is 1. The number of nitrogens with one attached hydrogen (secondary N) is 1. The Hall–Kier alpha value is -4.10. The molecule has 43 heavy (non-hydrogen) atoms. The first kappa shape index (κ1) is 35.1. The lowest BCUT2D eigenvalue weighted by Crippen LogP contribution is -2.42. The van der Waals surface area contributed by atoms with Crippen molar-refractivity contribution in [2.45, 2.75) is 110 Å². The first-order valence-corrected chi connectivity index (χ1v) is 15.8. The van der Waals surface area contributed by atoms with Crippen LogP contribution in [0.5, 0.6) is 0 Å². The van der Waals surface area contributed by atoms with Crippen LogP contribution in [-0.2, 0) is 9.59 Å². The van der Waals surface area contributed by atoms with Crippen molar-refractivity contribution in [3.05, 3.63) is 70.3 Å². The molecule has 0 saturated heterocycles. The molecule has 2 N–H and O–H groups in total. The number of nitro benzene ring substituents is 1. The molecule has 0 fully saturated rings. The molecule has 7 nitrogen and oxygen atoms in total. The largest absolute Gasteiger partial charge is 0.480 e. The molecule has 2 rings (SSSR count). The molecule has 0 bridgehead atoms. The van der Waals surface area contributed by atoms with Crippen LogP contribution in [0.3, 0.4) is 0 Å². The molecular formula is C36H46N2O5. The van der Waals surface area contributed by atoms with E-state index in [-0.39, 0.29) is 12.1 Å². The number of hydrogen-bond donors (Lipinski definition) is 2. The summed E-state index contributed by atoms with van der Waals surface area (Å²) in [4.78, 5) is 36.3. The van der Waals surface area contributed by atoms with Crippen molar-refractivity contribution in [1.29, 1.82) is 0 Å². The zero-order valence-electron chi connectivity index (χ0n) is 25.5. The lowest BCUT2D eigenvalue weighted by Gasteiger charge is -2.23. The van der Waals surface area contributed by atoms with Crippen molar-refractivity contribution in [3.63, 3.8) is 0 Å². The van der Waals surface area contributed by atoms with Crippen molar-refractivity contribution < 1.29 is 19.6 Å². The van der Waals surface area contributed by atoms with Gasteiger partial charge < -0.3 is 10.4 Å². The van der Waals surface area contributed by atoms with Gasteiger partial charge in [0.05, 0.1) is 4.92 Å². The number of hydrogen-bond acceptors (Lipinski definition) is 4. The quantitative estimate of drug-likeness (QED) is 0.0529. The first-order chi connectivity index (χ1) is 20.9. The molecule has 0 spiro atoms. The van der Waals surface area contributed by atoms with Gasteiger partial charge in [-0.2, -0.15) is 0 Å². The third kappa shape index (κ3) is 13.6. The molecule has 0 radical (unpaired) electrons. The van der Waals surface area contributed by atoms with E-state index in [0.29, 0.717) is 17.7 Å². The number of benzene rings is 2. The maximum Gasteiger partial charge on any atom is 0.331 e. The third-order valence-corrected chi connectivity index (χ3v) is 7.54. The average Bonchev–Trinajstić information content (AvgIpc) is 3.00. The SMILES string of the molecule is CCCCCCCCCCCCCCCCCC(C#CC#Cc1cccc([N+](=O)[O-])c1)(C(=O)O)C(=O)Nc1ccccc1. The van der Waals surface area contributed by atoms with Gasteiger partial charge in [0, 0.05) is 23.4 Å². The second-order valence-corrected chi connectivity index (χ2v) is 11.0. The lowest BCUT2D eigenvalue weighted by atomic mass is 9.81. The van der Waals surface area contributed by atoms with Gasteiger partial charge in [0.1, 0.15) is 0 Å². The van der Waals surface area contributed by atoms with Crippen LogP contribution < -0.4 is 5.32 Å². The molecule has 2 aromatic carbocycles. The Bertz CT molecular complexity index is 1270. The molecule has 1 atom stereocenters. The first-order valence-electron chi connectivity index (χ1n) is 15.8. The predicted molar refractivity (Wildman–Crippen MR) is 172 cm³/mol. The van der Waals surface area contributed by atoms with Gasteiger partial charge in [-0.1, -0.05) is 139 Å². The number of nitrogens with zero attached hydrogens (tertiary/aromatic N) is 1. The van der Waals surface area contributed by atoms with Crippen LogP contribution in [0, 0.1) is 39.2 Å². The minimum atomic E-state index is -1.97. The molecule has 0 aromatic heterocycles. The number of anilines is 1. The summed E-state index contributed by atoms with van der Waals surface area (Å²) < 4.78 is 0. The van der Waals surface area contributed by atoms with Gasteiger partial charge in [-0.3, -0.25) is 19.7 Å². The predicted octanol–water partition coefficient (Wildman–Crippen LogP) is 8.92. The van der Waals surface area contributed by atoms with Crippen LogP contribution >= 0.6 is 0 Å². The molecule has 1 amide bonds. The molecule has 2 aromatic rings. The minimum absolute atomic E-state index is 0.0603. The van der Waals surface area contributed by atoms with Gasteiger partial charge in [0.25, 0.3) is 11.6 Å². The maximum atomic E-state index is 13.3. The number of carboxylic acids is 1. The topological polar surface area (TPSA) is 110 Å². The maximum absolute atomic E-state index is 13.3. The molecular weight excluding hydrogens is 540 g/mol. The fourth-order valence-electron chi connectivity index (χ4n) is 4.95. The fourth-order valence-corrected chi connectivity index (χ4v) is 4.95. The second kappa shape index (κ2) is 20.7. The summed E-state index contributed by atoms with van der Waals surface area (Å²) in [5.74, 6) is 8.44. The number of carbonyl (C=O) groups excluding carboxylic acids is 1. The minimum Gasteiger partial charge on any atom is -0.480 e. The van der Waals surface area contributed by atoms with E-state index in [9.17, 15) is 24.8 Å². The summed E-state index contributed by atoms with van der Waals surface area (Å²) in [7, 11) is 0. The van der Waals surface area contributed by atoms with E-state index in [1.54, 1.807) is 36.4 Å². The number of carboxylic acid groups (broad SMARTS) is 1. The third-order valence-electron chi connectivity index (χ3n) is 7.54. The molecule has 0 saturated carbocycles. The van der Waals surface area contributed by atoms with Crippen LogP contribution in [0.1, 0.15) is 115 Å². The van der Waals surface area contributed by atoms with Gasteiger partial charge in [0.2, 0.25) is 5.41 Å². The summed E-state index contributed by atoms with van der Waals surface area (Å²) in [5, 5.41) is 23.9. The van der Waals surface area contributed by atoms with Crippen molar-refractivity contribution in [2.75, 3.05) is 5.32 Å². The van der Waals surface area contributed by atoms with E-state index in [1.807, 2.05) is 0 Å². The Morgan fingerprint density at radius 3 is 1.88 bits per heavy atom. The van der Waals surface area contributed by atoms with Crippen LogP contribution in [0.15, 0.2) is 54.6 Å². The van der Waals surface area contributed by atoms with Crippen LogP contribution in [0.25, 0.3) is 0 Å². The summed E-state index contributed by atoms with van der Waals surface area (Å²) >= 11 is 0. The van der Waals surface area contributed by atoms with Gasteiger partial charge >= 0.3 is 5.97 Å². The Kier molecular flexibility index (Phi) is 16.9. The van der Waals surface area contributed by atoms with Gasteiger partial charge in [-0.25, -0.2) is 0 Å². The normalized spacial score (nSPS) is 11.7. The zero-order chi connectivity index (χ0) is 31.2. The number of nitro groups is 1. The van der Waals surface area contributed by atoms with Crippen LogP contribution in [0.4, 0.5) is 11.4 Å². The molecule has 0 aliphatic heterocycles. The van der Waals surface area contributed by atoms with E-state index in [1.165, 1.54) is 88.8 Å². The van der Waals surface area contributed by atoms with Crippen LogP contribution in [0.2, 0.25) is 0 Å². The zero-order valence-corrected chi connectivity index (χ0v) is 25.5. The Morgan fingerprint density at radius 1 is 0.791 bits per heavy atom. The summed E-state index contributed by atoms with van der Waals surface area (Å²) in [5.41, 5.74) is -1.21. The highest BCUT2D eigenvalue weighted by molar-refractivity contribution is 6.11. The van der Waals surface area contributed by atoms with Crippen molar-refractivity contribution in [1.82, 2.24) is 0 Å². The van der Waals surface area contributed by atoms with E-state index in [4.69, 9.17) is 0 Å². The monoisotopic (exact) mass is 586 g/mol. The highest BCUT2D eigenvalue weighted by Crippen LogP contribution is 2.28. The Balaban J connectivity index is 1.92. The van der Waals surface area contributed by atoms with Crippen molar-refractivity contribution in [2.24, 2.45) is 5.41 Å². The number of para-hydroxylation sites is 1. The molecule has 7 heteroatoms. The fraction of sp³-hybridized carbons (Fsp3) is 0.500. The molecule has 230 valence electrons. The summed E-state index contributed by atoms with van der Waals surface area (Å²) in [6, 6.07) is 14.5. The van der Waals surface area contributed by atoms with Crippen molar-refractivity contribution in [3.8, 4) is 23.7 Å². The molecule has 0 aliphatic carbocycles. The Labute approximate surface area is 257 Å². The van der Waals surface area contributed by atoms with Gasteiger partial charge in [-0.15, -0.1) is 0 Å². The second-order valence-electron chi connectivity index (χ2n) is 11.0. The lowest BCUT2D eigenvalue weighted by molar-refractivity contribution is -0.384. The standard InChI is InChI=1S/C36H46N2O5/c1-2-3-4-5-6-7-8-9-10-11-12-13-14-15-20-28-36(35(40)41,34(39)37-32-25-17-16-18-26-32)29-21-19-23-31-24-22-27-33(30-31)38(42)43/h16-18,22,24-27,30H,2-15,20,28H2,1H3,(H,37,39)(H,40,41). The van der Waals surface area contributed by atoms with Crippen LogP contribution in [-0.4, -0.2) is 21.9 Å². The number of unbranched alkanes of at least 4 members (excludes halogenated alkanes) is 14. The number of non-ortho nitro benzene ring substituents is 1. The number of carbonyl (C=O) groups is 2.